The Hall–Kier alpha value is -1.62. The van der Waals surface area contributed by atoms with Crippen LogP contribution in [0.4, 0.5) is 0 Å². The second kappa shape index (κ2) is 3.86. The van der Waals surface area contributed by atoms with Crippen molar-refractivity contribution in [3.05, 3.63) is 34.2 Å². The number of rotatable bonds is 3. The molecule has 1 rings (SSSR count). The lowest BCUT2D eigenvalue weighted by atomic mass is 10.1. The highest BCUT2D eigenvalue weighted by Gasteiger charge is 2.30. The fraction of sp³-hybridized carbons (Fsp3) is 0.400. The Morgan fingerprint density at radius 3 is 2.67 bits per heavy atom. The predicted molar refractivity (Wildman–Crippen MR) is 53.7 cm³/mol. The smallest absolute Gasteiger partial charge is 0.337 e. The van der Waals surface area contributed by atoms with E-state index in [2.05, 4.69) is 0 Å². The van der Waals surface area contributed by atoms with Gasteiger partial charge in [0.05, 0.1) is 6.54 Å². The van der Waals surface area contributed by atoms with E-state index in [1.54, 1.807) is 13.0 Å². The third-order valence-electron chi connectivity index (χ3n) is 2.09. The van der Waals surface area contributed by atoms with Gasteiger partial charge in [0.2, 0.25) is 0 Å². The Morgan fingerprint density at radius 1 is 1.60 bits per heavy atom. The number of aromatic nitrogens is 1. The summed E-state index contributed by atoms with van der Waals surface area (Å²) in [4.78, 5) is 22.0. The molecule has 1 aromatic heterocycles. The summed E-state index contributed by atoms with van der Waals surface area (Å²) < 4.78 is 1.17. The monoisotopic (exact) mass is 211 g/mol. The van der Waals surface area contributed by atoms with Crippen molar-refractivity contribution in [3.63, 3.8) is 0 Å². The van der Waals surface area contributed by atoms with Crippen LogP contribution in [0.2, 0.25) is 0 Å². The van der Waals surface area contributed by atoms with Gasteiger partial charge in [-0.05, 0) is 25.5 Å². The first kappa shape index (κ1) is 11.5. The quantitative estimate of drug-likeness (QED) is 0.737. The zero-order valence-electron chi connectivity index (χ0n) is 8.60. The predicted octanol–water partition coefficient (Wildman–Crippen LogP) is -0.00768. The topological polar surface area (TPSA) is 79.5 Å². The average molecular weight is 211 g/mol. The van der Waals surface area contributed by atoms with Crippen LogP contribution in [-0.2, 0) is 11.3 Å². The number of aliphatic carboxylic acids is 1. The third-order valence-corrected chi connectivity index (χ3v) is 2.09. The lowest BCUT2D eigenvalue weighted by Crippen LogP contribution is -2.42. The molecule has 82 valence electrons. The lowest BCUT2D eigenvalue weighted by molar-refractivity contribution is -0.157. The van der Waals surface area contributed by atoms with Crippen molar-refractivity contribution >= 4 is 5.97 Å². The van der Waals surface area contributed by atoms with Crippen LogP contribution in [0.15, 0.2) is 23.1 Å². The molecule has 1 heterocycles. The van der Waals surface area contributed by atoms with Gasteiger partial charge >= 0.3 is 5.97 Å². The average Bonchev–Trinajstić information content (AvgIpc) is 2.09. The van der Waals surface area contributed by atoms with Crippen molar-refractivity contribution < 1.29 is 15.0 Å². The van der Waals surface area contributed by atoms with Crippen molar-refractivity contribution in [2.45, 2.75) is 26.0 Å². The van der Waals surface area contributed by atoms with Crippen molar-refractivity contribution in [3.8, 4) is 0 Å². The van der Waals surface area contributed by atoms with Gasteiger partial charge in [0, 0.05) is 12.3 Å². The molecule has 0 aliphatic carbocycles. The van der Waals surface area contributed by atoms with Crippen molar-refractivity contribution in [1.29, 1.82) is 0 Å². The number of aryl methyl sites for hydroxylation is 1. The molecule has 0 aromatic carbocycles. The van der Waals surface area contributed by atoms with Crippen LogP contribution in [-0.4, -0.2) is 26.4 Å². The van der Waals surface area contributed by atoms with Crippen molar-refractivity contribution in [2.75, 3.05) is 0 Å². The highest BCUT2D eigenvalue weighted by Crippen LogP contribution is 2.06. The minimum atomic E-state index is -1.93. The fourth-order valence-electron chi connectivity index (χ4n) is 1.14. The largest absolute Gasteiger partial charge is 0.479 e. The summed E-state index contributed by atoms with van der Waals surface area (Å²) in [6, 6.07) is 3.07. The molecule has 5 heteroatoms. The highest BCUT2D eigenvalue weighted by molar-refractivity contribution is 5.76. The van der Waals surface area contributed by atoms with E-state index in [0.717, 1.165) is 12.5 Å². The number of carboxylic acids is 1. The fourth-order valence-corrected chi connectivity index (χ4v) is 1.14. The SMILES string of the molecule is Cc1ccn(CC(C)(O)C(=O)O)c(=O)c1. The Kier molecular flexibility index (Phi) is 2.95. The van der Waals surface area contributed by atoms with Gasteiger partial charge in [-0.1, -0.05) is 0 Å². The number of carboxylic acid groups (broad SMARTS) is 1. The van der Waals surface area contributed by atoms with E-state index in [1.165, 1.54) is 16.8 Å². The molecule has 0 saturated heterocycles. The van der Waals surface area contributed by atoms with Crippen molar-refractivity contribution in [1.82, 2.24) is 4.57 Å². The van der Waals surface area contributed by atoms with Gasteiger partial charge in [0.15, 0.2) is 5.60 Å². The molecule has 2 N–H and O–H groups in total. The van der Waals surface area contributed by atoms with E-state index >= 15 is 0 Å². The molecule has 0 amide bonds. The Balaban J connectivity index is 3.00. The molecule has 1 unspecified atom stereocenters. The summed E-state index contributed by atoms with van der Waals surface area (Å²) in [7, 11) is 0. The Labute approximate surface area is 86.6 Å². The van der Waals surface area contributed by atoms with Crippen molar-refractivity contribution in [2.24, 2.45) is 0 Å². The van der Waals surface area contributed by atoms with Gasteiger partial charge in [-0.2, -0.15) is 0 Å². The molecule has 0 spiro atoms. The number of hydrogen-bond donors (Lipinski definition) is 2. The molecule has 1 aromatic rings. The van der Waals surface area contributed by atoms with E-state index in [4.69, 9.17) is 5.11 Å². The zero-order valence-corrected chi connectivity index (χ0v) is 8.60. The summed E-state index contributed by atoms with van der Waals surface area (Å²) in [5.74, 6) is -1.35. The van der Waals surface area contributed by atoms with Gasteiger partial charge in [-0.15, -0.1) is 0 Å². The van der Waals surface area contributed by atoms with Crippen LogP contribution in [0.5, 0.6) is 0 Å². The van der Waals surface area contributed by atoms with Crippen LogP contribution < -0.4 is 5.56 Å². The standard InChI is InChI=1S/C10H13NO4/c1-7-3-4-11(8(12)5-7)6-10(2,15)9(13)14/h3-5,15H,6H2,1-2H3,(H,13,14). The number of nitrogens with zero attached hydrogens (tertiary/aromatic N) is 1. The first-order valence-corrected chi connectivity index (χ1v) is 4.46. The van der Waals surface area contributed by atoms with Gasteiger partial charge in [-0.25, -0.2) is 4.79 Å². The van der Waals surface area contributed by atoms with E-state index in [9.17, 15) is 14.7 Å². The lowest BCUT2D eigenvalue weighted by Gasteiger charge is -2.18. The van der Waals surface area contributed by atoms with Crippen LogP contribution >= 0.6 is 0 Å². The number of carbonyl (C=O) groups is 1. The molecule has 0 bridgehead atoms. The van der Waals surface area contributed by atoms with Crippen LogP contribution in [0.1, 0.15) is 12.5 Å². The highest BCUT2D eigenvalue weighted by atomic mass is 16.4. The van der Waals surface area contributed by atoms with Crippen LogP contribution in [0.25, 0.3) is 0 Å². The summed E-state index contributed by atoms with van der Waals surface area (Å²) in [6.07, 6.45) is 1.47. The normalized spacial score (nSPS) is 14.6. The molecule has 5 nitrogen and oxygen atoms in total. The van der Waals surface area contributed by atoms with E-state index < -0.39 is 11.6 Å². The number of aliphatic hydroxyl groups is 1. The number of hydrogen-bond acceptors (Lipinski definition) is 3. The van der Waals surface area contributed by atoms with E-state index in [0.29, 0.717) is 0 Å². The van der Waals surface area contributed by atoms with Crippen LogP contribution in [0, 0.1) is 6.92 Å². The van der Waals surface area contributed by atoms with Crippen LogP contribution in [0.3, 0.4) is 0 Å². The Bertz CT molecular complexity index is 433. The summed E-state index contributed by atoms with van der Waals surface area (Å²) in [6.45, 7) is 2.66. The second-order valence-electron chi connectivity index (χ2n) is 3.75. The van der Waals surface area contributed by atoms with E-state index in [1.807, 2.05) is 0 Å². The Morgan fingerprint density at radius 2 is 2.20 bits per heavy atom. The summed E-state index contributed by atoms with van der Waals surface area (Å²) in [5.41, 5.74) is -1.46. The molecular formula is C10H13NO4. The van der Waals surface area contributed by atoms with Gasteiger partial charge in [0.1, 0.15) is 0 Å². The molecule has 0 aliphatic heterocycles. The number of pyridine rings is 1. The maximum atomic E-state index is 11.4. The minimum absolute atomic E-state index is 0.262. The maximum absolute atomic E-state index is 11.4. The summed E-state index contributed by atoms with van der Waals surface area (Å²) >= 11 is 0. The molecule has 0 fully saturated rings. The van der Waals surface area contributed by atoms with Gasteiger partial charge < -0.3 is 14.8 Å². The molecule has 1 atom stereocenters. The van der Waals surface area contributed by atoms with E-state index in [-0.39, 0.29) is 12.1 Å². The first-order chi connectivity index (χ1) is 6.83. The first-order valence-electron chi connectivity index (χ1n) is 4.46. The molecular weight excluding hydrogens is 198 g/mol. The maximum Gasteiger partial charge on any atom is 0.337 e. The second-order valence-corrected chi connectivity index (χ2v) is 3.75. The van der Waals surface area contributed by atoms with Gasteiger partial charge in [-0.3, -0.25) is 4.79 Å². The molecule has 0 saturated carbocycles. The van der Waals surface area contributed by atoms with Gasteiger partial charge in [0.25, 0.3) is 5.56 Å². The zero-order chi connectivity index (χ0) is 11.6. The molecule has 15 heavy (non-hydrogen) atoms. The third kappa shape index (κ3) is 2.66. The summed E-state index contributed by atoms with van der Waals surface area (Å²) in [5, 5.41) is 18.2. The molecule has 0 radical (unpaired) electrons. The minimum Gasteiger partial charge on any atom is -0.479 e. The molecule has 0 aliphatic rings.